The summed E-state index contributed by atoms with van der Waals surface area (Å²) in [5.74, 6) is 0.621. The quantitative estimate of drug-likeness (QED) is 0.679. The summed E-state index contributed by atoms with van der Waals surface area (Å²) in [6.07, 6.45) is 0. The molecule has 0 aromatic heterocycles. The van der Waals surface area contributed by atoms with Crippen LogP contribution in [0.25, 0.3) is 0 Å². The molecule has 0 aliphatic heterocycles. The van der Waals surface area contributed by atoms with Gasteiger partial charge < -0.3 is 10.6 Å². The predicted octanol–water partition coefficient (Wildman–Crippen LogP) is 5.78. The van der Waals surface area contributed by atoms with E-state index in [1.165, 1.54) is 6.92 Å². The van der Waals surface area contributed by atoms with Crippen molar-refractivity contribution in [1.29, 1.82) is 0 Å². The van der Waals surface area contributed by atoms with Gasteiger partial charge in [0, 0.05) is 16.9 Å². The van der Waals surface area contributed by atoms with Gasteiger partial charge in [-0.15, -0.1) is 0 Å². The molecule has 2 rings (SSSR count). The molecule has 0 fully saturated rings. The third-order valence-electron chi connectivity index (χ3n) is 4.16. The van der Waals surface area contributed by atoms with Crippen molar-refractivity contribution in [1.82, 2.24) is 0 Å². The number of Topliss-reactive ketones (excluding diaryl/α,β-unsaturated/α-hetero) is 1. The maximum Gasteiger partial charge on any atom is 0.323 e. The van der Waals surface area contributed by atoms with Gasteiger partial charge in [0.25, 0.3) is 0 Å². The van der Waals surface area contributed by atoms with Crippen LogP contribution in [0.1, 0.15) is 67.9 Å². The number of rotatable bonds is 5. The van der Waals surface area contributed by atoms with Gasteiger partial charge in [-0.25, -0.2) is 4.79 Å². The summed E-state index contributed by atoms with van der Waals surface area (Å²) in [4.78, 5) is 23.8. The molecule has 25 heavy (non-hydrogen) atoms. The molecule has 2 aromatic rings. The van der Waals surface area contributed by atoms with Crippen molar-refractivity contribution in [3.63, 3.8) is 0 Å². The van der Waals surface area contributed by atoms with Crippen molar-refractivity contribution in [3.8, 4) is 0 Å². The molecular weight excluding hydrogens is 312 g/mol. The first-order valence-electron chi connectivity index (χ1n) is 8.61. The Morgan fingerprint density at radius 1 is 0.800 bits per heavy atom. The Hall–Kier alpha value is -2.62. The fourth-order valence-electron chi connectivity index (χ4n) is 2.76. The summed E-state index contributed by atoms with van der Waals surface area (Å²) in [6, 6.07) is 12.7. The molecule has 2 amide bonds. The molecule has 0 aliphatic carbocycles. The van der Waals surface area contributed by atoms with Gasteiger partial charge in [-0.2, -0.15) is 0 Å². The Kier molecular flexibility index (Phi) is 5.97. The first-order chi connectivity index (χ1) is 11.8. The smallest absolute Gasteiger partial charge is 0.308 e. The van der Waals surface area contributed by atoms with E-state index in [9.17, 15) is 9.59 Å². The number of carbonyl (C=O) groups is 2. The zero-order valence-electron chi connectivity index (χ0n) is 15.5. The Morgan fingerprint density at radius 2 is 1.32 bits per heavy atom. The fourth-order valence-corrected chi connectivity index (χ4v) is 2.76. The molecule has 0 aliphatic rings. The van der Waals surface area contributed by atoms with Crippen LogP contribution in [0, 0.1) is 0 Å². The zero-order valence-corrected chi connectivity index (χ0v) is 15.5. The van der Waals surface area contributed by atoms with Crippen molar-refractivity contribution in [2.75, 3.05) is 10.6 Å². The van der Waals surface area contributed by atoms with Gasteiger partial charge >= 0.3 is 6.03 Å². The summed E-state index contributed by atoms with van der Waals surface area (Å²) < 4.78 is 0. The van der Waals surface area contributed by atoms with Crippen LogP contribution in [0.2, 0.25) is 0 Å². The minimum atomic E-state index is -0.287. The highest BCUT2D eigenvalue weighted by Gasteiger charge is 2.16. The summed E-state index contributed by atoms with van der Waals surface area (Å²) >= 11 is 0. The SMILES string of the molecule is CC(=O)c1ccc(NC(=O)Nc2c(C(C)C)cccc2C(C)C)cc1. The normalized spacial score (nSPS) is 10.8. The molecule has 0 heterocycles. The molecule has 132 valence electrons. The number of benzene rings is 2. The van der Waals surface area contributed by atoms with E-state index in [0.29, 0.717) is 23.1 Å². The summed E-state index contributed by atoms with van der Waals surface area (Å²) in [5, 5.41) is 5.84. The molecular formula is C21H26N2O2. The third kappa shape index (κ3) is 4.69. The van der Waals surface area contributed by atoms with E-state index in [-0.39, 0.29) is 11.8 Å². The maximum absolute atomic E-state index is 12.5. The van der Waals surface area contributed by atoms with E-state index in [0.717, 1.165) is 16.8 Å². The van der Waals surface area contributed by atoms with Crippen LogP contribution in [0.15, 0.2) is 42.5 Å². The third-order valence-corrected chi connectivity index (χ3v) is 4.16. The highest BCUT2D eigenvalue weighted by atomic mass is 16.2. The van der Waals surface area contributed by atoms with E-state index in [4.69, 9.17) is 0 Å². The molecule has 0 radical (unpaired) electrons. The Morgan fingerprint density at radius 3 is 1.76 bits per heavy atom. The molecule has 0 bridgehead atoms. The van der Waals surface area contributed by atoms with Crippen molar-refractivity contribution in [2.24, 2.45) is 0 Å². The number of hydrogen-bond acceptors (Lipinski definition) is 2. The van der Waals surface area contributed by atoms with Crippen molar-refractivity contribution in [3.05, 3.63) is 59.2 Å². The lowest BCUT2D eigenvalue weighted by Crippen LogP contribution is -2.21. The van der Waals surface area contributed by atoms with Crippen LogP contribution < -0.4 is 10.6 Å². The van der Waals surface area contributed by atoms with E-state index < -0.39 is 0 Å². The molecule has 2 N–H and O–H groups in total. The van der Waals surface area contributed by atoms with Crippen LogP contribution in [-0.2, 0) is 0 Å². The Labute approximate surface area is 149 Å². The van der Waals surface area contributed by atoms with Crippen LogP contribution >= 0.6 is 0 Å². The Bertz CT molecular complexity index is 736. The average Bonchev–Trinajstić information content (AvgIpc) is 2.54. The number of hydrogen-bond donors (Lipinski definition) is 2. The second-order valence-electron chi connectivity index (χ2n) is 6.83. The molecule has 4 heteroatoms. The number of amides is 2. The monoisotopic (exact) mass is 338 g/mol. The standard InChI is InChI=1S/C21H26N2O2/c1-13(2)18-7-6-8-19(14(3)4)20(18)23-21(25)22-17-11-9-16(10-12-17)15(5)24/h6-14H,1-5H3,(H2,22,23,25). The summed E-state index contributed by atoms with van der Waals surface area (Å²) in [7, 11) is 0. The largest absolute Gasteiger partial charge is 0.323 e. The van der Waals surface area contributed by atoms with Gasteiger partial charge in [0.15, 0.2) is 5.78 Å². The van der Waals surface area contributed by atoms with Crippen molar-refractivity contribution < 1.29 is 9.59 Å². The fraction of sp³-hybridized carbons (Fsp3) is 0.333. The summed E-state index contributed by atoms with van der Waals surface area (Å²) in [6.45, 7) is 9.98. The van der Waals surface area contributed by atoms with Crippen molar-refractivity contribution >= 4 is 23.2 Å². The van der Waals surface area contributed by atoms with Gasteiger partial charge in [0.1, 0.15) is 0 Å². The van der Waals surface area contributed by atoms with Gasteiger partial charge in [-0.3, -0.25) is 4.79 Å². The molecule has 2 aromatic carbocycles. The Balaban J connectivity index is 2.21. The average molecular weight is 338 g/mol. The lowest BCUT2D eigenvalue weighted by atomic mass is 9.93. The van der Waals surface area contributed by atoms with Crippen LogP contribution in [0.3, 0.4) is 0 Å². The second kappa shape index (κ2) is 7.97. The first-order valence-corrected chi connectivity index (χ1v) is 8.61. The molecule has 0 spiro atoms. The molecule has 0 atom stereocenters. The number of urea groups is 1. The molecule has 0 saturated heterocycles. The van der Waals surface area contributed by atoms with E-state index in [1.54, 1.807) is 24.3 Å². The minimum absolute atomic E-state index is 0.00318. The van der Waals surface area contributed by atoms with Crippen molar-refractivity contribution in [2.45, 2.75) is 46.5 Å². The number of ketones is 1. The summed E-state index contributed by atoms with van der Waals surface area (Å²) in [5.41, 5.74) is 4.39. The second-order valence-corrected chi connectivity index (χ2v) is 6.83. The van der Waals surface area contributed by atoms with Crippen LogP contribution in [0.5, 0.6) is 0 Å². The number of nitrogens with one attached hydrogen (secondary N) is 2. The topological polar surface area (TPSA) is 58.2 Å². The number of anilines is 2. The lowest BCUT2D eigenvalue weighted by Gasteiger charge is -2.20. The van der Waals surface area contributed by atoms with Gasteiger partial charge in [0.05, 0.1) is 0 Å². The van der Waals surface area contributed by atoms with E-state index in [1.807, 2.05) is 18.2 Å². The molecule has 4 nitrogen and oxygen atoms in total. The van der Waals surface area contributed by atoms with Crippen LogP contribution in [0.4, 0.5) is 16.2 Å². The highest BCUT2D eigenvalue weighted by molar-refractivity contribution is 6.01. The van der Waals surface area contributed by atoms with Gasteiger partial charge in [-0.1, -0.05) is 45.9 Å². The molecule has 0 saturated carbocycles. The van der Waals surface area contributed by atoms with E-state index >= 15 is 0 Å². The van der Waals surface area contributed by atoms with E-state index in [2.05, 4.69) is 38.3 Å². The highest BCUT2D eigenvalue weighted by Crippen LogP contribution is 2.32. The number of para-hydroxylation sites is 1. The predicted molar refractivity (Wildman–Crippen MR) is 104 cm³/mol. The van der Waals surface area contributed by atoms with Gasteiger partial charge in [0.2, 0.25) is 0 Å². The van der Waals surface area contributed by atoms with Gasteiger partial charge in [-0.05, 0) is 54.2 Å². The number of carbonyl (C=O) groups excluding carboxylic acids is 2. The zero-order chi connectivity index (χ0) is 18.6. The maximum atomic E-state index is 12.5. The lowest BCUT2D eigenvalue weighted by molar-refractivity contribution is 0.101. The van der Waals surface area contributed by atoms with Crippen LogP contribution in [-0.4, -0.2) is 11.8 Å². The minimum Gasteiger partial charge on any atom is -0.308 e. The molecule has 0 unspecified atom stereocenters. The first kappa shape index (κ1) is 18.7.